The van der Waals surface area contributed by atoms with Gasteiger partial charge in [-0.05, 0) is 86.4 Å². The summed E-state index contributed by atoms with van der Waals surface area (Å²) in [7, 11) is 0. The van der Waals surface area contributed by atoms with E-state index in [-0.39, 0.29) is 0 Å². The molecular formula is C26H27F3N4. The first-order valence-corrected chi connectivity index (χ1v) is 11.5. The molecular weight excluding hydrogens is 425 g/mol. The summed E-state index contributed by atoms with van der Waals surface area (Å²) in [6.07, 6.45) is 7.31. The van der Waals surface area contributed by atoms with Crippen LogP contribution in [0.15, 0.2) is 67.0 Å². The molecule has 33 heavy (non-hydrogen) atoms. The lowest BCUT2D eigenvalue weighted by atomic mass is 10.0. The maximum absolute atomic E-state index is 12.8. The third kappa shape index (κ3) is 4.83. The van der Waals surface area contributed by atoms with E-state index in [9.17, 15) is 13.2 Å². The van der Waals surface area contributed by atoms with Gasteiger partial charge >= 0.3 is 6.18 Å². The van der Waals surface area contributed by atoms with Crippen LogP contribution >= 0.6 is 0 Å². The SMILES string of the molecule is FC(F)(F)c1ccc(C2=CCN(c3ccc4c(cnn4CCCN4CCCC4)c3)C=C2)cc1. The van der Waals surface area contributed by atoms with Crippen LogP contribution in [0.25, 0.3) is 16.5 Å². The van der Waals surface area contributed by atoms with Crippen molar-refractivity contribution in [3.05, 3.63) is 78.1 Å². The number of anilines is 1. The third-order valence-electron chi connectivity index (χ3n) is 6.49. The number of likely N-dealkylation sites (tertiary alicyclic amines) is 1. The molecule has 0 radical (unpaired) electrons. The number of nitrogens with zero attached hydrogens (tertiary/aromatic N) is 4. The molecule has 1 saturated heterocycles. The smallest absolute Gasteiger partial charge is 0.344 e. The quantitative estimate of drug-likeness (QED) is 0.461. The van der Waals surface area contributed by atoms with Crippen molar-refractivity contribution in [3.8, 4) is 0 Å². The maximum atomic E-state index is 12.8. The normalized spacial score (nSPS) is 17.2. The lowest BCUT2D eigenvalue weighted by molar-refractivity contribution is -0.137. The highest BCUT2D eigenvalue weighted by Crippen LogP contribution is 2.31. The predicted molar refractivity (Wildman–Crippen MR) is 126 cm³/mol. The van der Waals surface area contributed by atoms with Crippen molar-refractivity contribution in [3.63, 3.8) is 0 Å². The van der Waals surface area contributed by atoms with Gasteiger partial charge in [0.1, 0.15) is 0 Å². The van der Waals surface area contributed by atoms with Crippen molar-refractivity contribution >= 4 is 22.2 Å². The first kappa shape index (κ1) is 21.8. The van der Waals surface area contributed by atoms with Gasteiger partial charge in [0, 0.05) is 30.4 Å². The summed E-state index contributed by atoms with van der Waals surface area (Å²) < 4.78 is 40.5. The Balaban J connectivity index is 1.23. The van der Waals surface area contributed by atoms with E-state index in [1.54, 1.807) is 0 Å². The van der Waals surface area contributed by atoms with Crippen molar-refractivity contribution in [1.82, 2.24) is 14.7 Å². The van der Waals surface area contributed by atoms with Crippen LogP contribution in [0.4, 0.5) is 18.9 Å². The van der Waals surface area contributed by atoms with Crippen LogP contribution in [0.2, 0.25) is 0 Å². The number of aromatic nitrogens is 2. The fourth-order valence-corrected chi connectivity index (χ4v) is 4.63. The van der Waals surface area contributed by atoms with Crippen LogP contribution in [-0.2, 0) is 12.7 Å². The molecule has 0 unspecified atom stereocenters. The predicted octanol–water partition coefficient (Wildman–Crippen LogP) is 5.96. The number of hydrogen-bond acceptors (Lipinski definition) is 3. The van der Waals surface area contributed by atoms with E-state index < -0.39 is 11.7 Å². The number of rotatable bonds is 6. The molecule has 5 rings (SSSR count). The lowest BCUT2D eigenvalue weighted by Gasteiger charge is -2.23. The van der Waals surface area contributed by atoms with Crippen LogP contribution < -0.4 is 4.90 Å². The van der Waals surface area contributed by atoms with E-state index in [2.05, 4.69) is 37.8 Å². The van der Waals surface area contributed by atoms with Crippen molar-refractivity contribution < 1.29 is 13.2 Å². The Labute approximate surface area is 191 Å². The maximum Gasteiger partial charge on any atom is 0.416 e. The second kappa shape index (κ2) is 9.06. The van der Waals surface area contributed by atoms with E-state index in [4.69, 9.17) is 0 Å². The van der Waals surface area contributed by atoms with E-state index >= 15 is 0 Å². The molecule has 0 bridgehead atoms. The summed E-state index contributed by atoms with van der Waals surface area (Å²) >= 11 is 0. The molecule has 3 heterocycles. The van der Waals surface area contributed by atoms with Gasteiger partial charge in [-0.1, -0.05) is 18.2 Å². The van der Waals surface area contributed by atoms with Crippen LogP contribution in [0.5, 0.6) is 0 Å². The topological polar surface area (TPSA) is 24.3 Å². The van der Waals surface area contributed by atoms with Crippen LogP contribution in [0.1, 0.15) is 30.4 Å². The fraction of sp³-hybridized carbons (Fsp3) is 0.346. The van der Waals surface area contributed by atoms with Gasteiger partial charge in [-0.25, -0.2) is 0 Å². The average Bonchev–Trinajstić information content (AvgIpc) is 3.49. The highest BCUT2D eigenvalue weighted by molar-refractivity contribution is 5.84. The van der Waals surface area contributed by atoms with Crippen LogP contribution in [-0.4, -0.2) is 40.9 Å². The van der Waals surface area contributed by atoms with Gasteiger partial charge in [0.2, 0.25) is 0 Å². The standard InChI is InChI=1S/C26H27F3N4/c27-26(28,29)23-6-4-20(5-7-23)21-10-16-32(17-11-21)24-8-9-25-22(18-24)19-30-33(25)15-3-14-31-12-1-2-13-31/h4-11,16,18-19H,1-3,12-15,17H2. The van der Waals surface area contributed by atoms with Crippen molar-refractivity contribution in [2.45, 2.75) is 32.0 Å². The summed E-state index contributed by atoms with van der Waals surface area (Å²) in [5.74, 6) is 0. The molecule has 2 aromatic carbocycles. The zero-order chi connectivity index (χ0) is 22.8. The molecule has 3 aromatic rings. The first-order chi connectivity index (χ1) is 16.0. The number of hydrogen-bond donors (Lipinski definition) is 0. The number of allylic oxidation sites excluding steroid dienone is 2. The molecule has 0 N–H and O–H groups in total. The lowest BCUT2D eigenvalue weighted by Crippen LogP contribution is -2.21. The van der Waals surface area contributed by atoms with Gasteiger partial charge < -0.3 is 9.80 Å². The third-order valence-corrected chi connectivity index (χ3v) is 6.49. The molecule has 4 nitrogen and oxygen atoms in total. The second-order valence-corrected chi connectivity index (χ2v) is 8.72. The monoisotopic (exact) mass is 452 g/mol. The van der Waals surface area contributed by atoms with E-state index in [0.29, 0.717) is 6.54 Å². The van der Waals surface area contributed by atoms with Crippen LogP contribution in [0, 0.1) is 0 Å². The number of aryl methyl sites for hydroxylation is 1. The fourth-order valence-electron chi connectivity index (χ4n) is 4.63. The Kier molecular flexibility index (Phi) is 5.98. The van der Waals surface area contributed by atoms with Gasteiger partial charge in [0.15, 0.2) is 0 Å². The second-order valence-electron chi connectivity index (χ2n) is 8.72. The summed E-state index contributed by atoms with van der Waals surface area (Å²) in [6.45, 7) is 5.15. The van der Waals surface area contributed by atoms with Gasteiger partial charge in [-0.15, -0.1) is 0 Å². The largest absolute Gasteiger partial charge is 0.416 e. The van der Waals surface area contributed by atoms with E-state index in [0.717, 1.165) is 59.4 Å². The molecule has 0 spiro atoms. The van der Waals surface area contributed by atoms with E-state index in [1.165, 1.54) is 38.1 Å². The summed E-state index contributed by atoms with van der Waals surface area (Å²) in [4.78, 5) is 4.65. The Morgan fingerprint density at radius 1 is 0.939 bits per heavy atom. The van der Waals surface area contributed by atoms with E-state index in [1.807, 2.05) is 24.5 Å². The molecule has 0 saturated carbocycles. The Hall–Kier alpha value is -3.06. The Morgan fingerprint density at radius 3 is 2.42 bits per heavy atom. The van der Waals surface area contributed by atoms with Gasteiger partial charge in [-0.2, -0.15) is 18.3 Å². The number of halogens is 3. The minimum atomic E-state index is -4.31. The minimum absolute atomic E-state index is 0.627. The molecule has 0 aliphatic carbocycles. The van der Waals surface area contributed by atoms with Gasteiger partial charge in [-0.3, -0.25) is 4.68 Å². The van der Waals surface area contributed by atoms with Crippen molar-refractivity contribution in [2.75, 3.05) is 31.1 Å². The highest BCUT2D eigenvalue weighted by atomic mass is 19.4. The Bertz CT molecular complexity index is 1170. The van der Waals surface area contributed by atoms with Crippen molar-refractivity contribution in [2.24, 2.45) is 0 Å². The van der Waals surface area contributed by atoms with Crippen molar-refractivity contribution in [1.29, 1.82) is 0 Å². The molecule has 2 aliphatic heterocycles. The molecule has 1 fully saturated rings. The highest BCUT2D eigenvalue weighted by Gasteiger charge is 2.30. The summed E-state index contributed by atoms with van der Waals surface area (Å²) in [5, 5.41) is 5.70. The number of fused-ring (bicyclic) bond motifs is 1. The average molecular weight is 453 g/mol. The molecule has 1 aromatic heterocycles. The molecule has 0 amide bonds. The molecule has 7 heteroatoms. The zero-order valence-electron chi connectivity index (χ0n) is 18.4. The van der Waals surface area contributed by atoms with Gasteiger partial charge in [0.05, 0.1) is 17.3 Å². The molecule has 2 aliphatic rings. The first-order valence-electron chi connectivity index (χ1n) is 11.5. The minimum Gasteiger partial charge on any atom is -0.344 e. The summed E-state index contributed by atoms with van der Waals surface area (Å²) in [6, 6.07) is 11.7. The number of benzene rings is 2. The molecule has 172 valence electrons. The zero-order valence-corrected chi connectivity index (χ0v) is 18.4. The Morgan fingerprint density at radius 2 is 1.73 bits per heavy atom. The molecule has 0 atom stereocenters. The van der Waals surface area contributed by atoms with Crippen LogP contribution in [0.3, 0.4) is 0 Å². The van der Waals surface area contributed by atoms with Gasteiger partial charge in [0.25, 0.3) is 0 Å². The number of alkyl halides is 3. The summed E-state index contributed by atoms with van der Waals surface area (Å²) in [5.41, 5.74) is 3.29.